The van der Waals surface area contributed by atoms with Crippen LogP contribution in [0.25, 0.3) is 0 Å². The van der Waals surface area contributed by atoms with E-state index in [1.807, 2.05) is 110 Å². The molecule has 3 aliphatic heterocycles. The van der Waals surface area contributed by atoms with Crippen molar-refractivity contribution in [1.82, 2.24) is 5.01 Å². The first-order valence-electron chi connectivity index (χ1n) is 19.4. The van der Waals surface area contributed by atoms with Gasteiger partial charge in [0, 0.05) is 24.7 Å². The van der Waals surface area contributed by atoms with Gasteiger partial charge in [-0.1, -0.05) is 71.8 Å². The Morgan fingerprint density at radius 2 is 1.50 bits per heavy atom. The third-order valence-corrected chi connectivity index (χ3v) is 12.5. The van der Waals surface area contributed by atoms with E-state index in [9.17, 15) is 19.5 Å². The number of aliphatic hydroxyl groups excluding tert-OH is 1. The van der Waals surface area contributed by atoms with Crippen molar-refractivity contribution < 1.29 is 33.8 Å². The molecule has 0 bridgehead atoms. The number of nitrogens with zero attached hydrogens (tertiary/aromatic N) is 3. The van der Waals surface area contributed by atoms with Crippen LogP contribution in [0.2, 0.25) is 0 Å². The highest BCUT2D eigenvalue weighted by Gasteiger charge is 2.70. The summed E-state index contributed by atoms with van der Waals surface area (Å²) in [6.45, 7) is 4.80. The number of fused-ring (bicyclic) bond motifs is 4. The number of benzene rings is 4. The summed E-state index contributed by atoms with van der Waals surface area (Å²) < 4.78 is 11.2. The Morgan fingerprint density at radius 1 is 0.804 bits per heavy atom. The first-order chi connectivity index (χ1) is 27.3. The molecule has 6 unspecified atom stereocenters. The van der Waals surface area contributed by atoms with Crippen LogP contribution in [-0.2, 0) is 29.3 Å². The minimum atomic E-state index is -1.36. The number of carbonyl (C=O) groups excluding carboxylic acids is 4. The van der Waals surface area contributed by atoms with Crippen molar-refractivity contribution >= 4 is 40.7 Å². The number of hydrazine groups is 1. The fourth-order valence-electron chi connectivity index (χ4n) is 9.93. The minimum Gasteiger partial charge on any atom is -0.491 e. The number of aryl methyl sites for hydroxylation is 1. The van der Waals surface area contributed by atoms with Crippen LogP contribution < -0.4 is 20.0 Å². The summed E-state index contributed by atoms with van der Waals surface area (Å²) in [5, 5.41) is 10.5. The Bertz CT molecular complexity index is 2180. The average molecular weight is 753 g/mol. The maximum Gasteiger partial charge on any atom is 0.260 e. The molecule has 4 aromatic carbocycles. The maximum absolute atomic E-state index is 15.4. The van der Waals surface area contributed by atoms with Gasteiger partial charge in [0.1, 0.15) is 12.4 Å². The van der Waals surface area contributed by atoms with Gasteiger partial charge in [-0.3, -0.25) is 29.5 Å². The lowest BCUT2D eigenvalue weighted by Crippen LogP contribution is -2.53. The summed E-state index contributed by atoms with van der Waals surface area (Å²) in [4.78, 5) is 62.8. The van der Waals surface area contributed by atoms with Crippen LogP contribution >= 0.6 is 0 Å². The zero-order valence-electron chi connectivity index (χ0n) is 31.2. The number of aliphatic hydroxyl groups is 1. The molecule has 5 aliphatic rings. The molecule has 56 heavy (non-hydrogen) atoms. The fraction of sp³-hybridized carbons (Fsp3) is 0.333. The highest BCUT2D eigenvalue weighted by Crippen LogP contribution is 2.64. The molecule has 3 heterocycles. The van der Waals surface area contributed by atoms with Crippen LogP contribution in [0.3, 0.4) is 0 Å². The van der Waals surface area contributed by atoms with Crippen LogP contribution in [0.5, 0.6) is 5.75 Å². The van der Waals surface area contributed by atoms with Crippen molar-refractivity contribution in [3.05, 3.63) is 131 Å². The second-order valence-corrected chi connectivity index (χ2v) is 15.4. The third kappa shape index (κ3) is 5.71. The van der Waals surface area contributed by atoms with Gasteiger partial charge in [0.15, 0.2) is 0 Å². The van der Waals surface area contributed by atoms with Crippen molar-refractivity contribution in [3.8, 4) is 5.75 Å². The second kappa shape index (κ2) is 14.4. The van der Waals surface area contributed by atoms with Crippen molar-refractivity contribution in [2.24, 2.45) is 23.7 Å². The SMILES string of the molecule is Cc1ccc(NN2C(=O)C3CC4C(=CCC5C(=O)N(c6ccc(N7CCOCC7)cc6)C(=O)C54)C(c4ccc(OCCO)cc4)C3(c3ccccc3)C2=O)cc1. The first kappa shape index (κ1) is 35.9. The molecular weight excluding hydrogens is 709 g/mol. The highest BCUT2D eigenvalue weighted by molar-refractivity contribution is 6.22. The molecule has 4 fully saturated rings. The Hall–Kier alpha value is -5.78. The van der Waals surface area contributed by atoms with Gasteiger partial charge in [-0.15, -0.1) is 0 Å². The summed E-state index contributed by atoms with van der Waals surface area (Å²) in [7, 11) is 0. The molecule has 0 spiro atoms. The lowest BCUT2D eigenvalue weighted by Gasteiger charge is -2.50. The van der Waals surface area contributed by atoms with Gasteiger partial charge < -0.3 is 19.5 Å². The lowest BCUT2D eigenvalue weighted by molar-refractivity contribution is -0.138. The molecular formula is C45H44N4O7. The molecule has 11 nitrogen and oxygen atoms in total. The Kier molecular flexibility index (Phi) is 9.22. The quantitative estimate of drug-likeness (QED) is 0.171. The van der Waals surface area contributed by atoms with Crippen LogP contribution in [0, 0.1) is 30.6 Å². The number of anilines is 3. The standard InChI is InChI=1S/C45H44N4O7/c1-28-7-11-31(12-8-28)46-49-42(52)38-27-37-35(40(29-9-17-34(18-10-29)56-26-23-50)45(38,44(49)54)30-5-3-2-4-6-30)19-20-36-39(37)43(53)48(41(36)51)33-15-13-32(14-16-33)47-21-24-55-25-22-47/h2-19,36-40,46,50H,20-27H2,1H3. The average Bonchev–Trinajstić information content (AvgIpc) is 3.62. The zero-order chi connectivity index (χ0) is 38.6. The number of carbonyl (C=O) groups is 4. The van der Waals surface area contributed by atoms with Crippen LogP contribution in [-0.4, -0.2) is 73.3 Å². The van der Waals surface area contributed by atoms with Crippen molar-refractivity contribution in [3.63, 3.8) is 0 Å². The molecule has 11 heteroatoms. The Labute approximate surface area is 325 Å². The van der Waals surface area contributed by atoms with Crippen molar-refractivity contribution in [2.75, 3.05) is 54.7 Å². The van der Waals surface area contributed by atoms with E-state index in [0.29, 0.717) is 42.3 Å². The molecule has 0 radical (unpaired) electrons. The van der Waals surface area contributed by atoms with E-state index in [-0.39, 0.29) is 43.3 Å². The normalized spacial score (nSPS) is 27.1. The number of allylic oxidation sites excluding steroid dienone is 2. The molecule has 0 aromatic heterocycles. The van der Waals surface area contributed by atoms with Crippen molar-refractivity contribution in [2.45, 2.75) is 31.1 Å². The Morgan fingerprint density at radius 3 is 2.20 bits per heavy atom. The first-order valence-corrected chi connectivity index (χ1v) is 19.4. The number of rotatable bonds is 9. The topological polar surface area (TPSA) is 129 Å². The minimum absolute atomic E-state index is 0.129. The predicted molar refractivity (Wildman–Crippen MR) is 210 cm³/mol. The number of amides is 4. The predicted octanol–water partition coefficient (Wildman–Crippen LogP) is 5.39. The van der Waals surface area contributed by atoms with E-state index in [4.69, 9.17) is 9.47 Å². The van der Waals surface area contributed by atoms with Gasteiger partial charge in [0.25, 0.3) is 11.8 Å². The number of ether oxygens (including phenoxy) is 2. The van der Waals surface area contributed by atoms with Gasteiger partial charge in [0.05, 0.1) is 54.4 Å². The number of hydrogen-bond donors (Lipinski definition) is 2. The monoisotopic (exact) mass is 752 g/mol. The molecule has 9 rings (SSSR count). The second-order valence-electron chi connectivity index (χ2n) is 15.4. The number of imide groups is 2. The Balaban J connectivity index is 1.14. The fourth-order valence-corrected chi connectivity index (χ4v) is 9.93. The molecule has 6 atom stereocenters. The molecule has 286 valence electrons. The molecule has 3 saturated heterocycles. The van der Waals surface area contributed by atoms with E-state index in [1.54, 1.807) is 0 Å². The van der Waals surface area contributed by atoms with Gasteiger partial charge in [-0.2, -0.15) is 5.01 Å². The third-order valence-electron chi connectivity index (χ3n) is 12.5. The van der Waals surface area contributed by atoms with Crippen molar-refractivity contribution in [1.29, 1.82) is 0 Å². The van der Waals surface area contributed by atoms with Gasteiger partial charge in [-0.25, -0.2) is 0 Å². The smallest absolute Gasteiger partial charge is 0.260 e. The van der Waals surface area contributed by atoms with Gasteiger partial charge in [0.2, 0.25) is 11.8 Å². The molecule has 4 amide bonds. The summed E-state index contributed by atoms with van der Waals surface area (Å²) in [5.41, 5.74) is 7.35. The largest absolute Gasteiger partial charge is 0.491 e. The summed E-state index contributed by atoms with van der Waals surface area (Å²) in [6, 6.07) is 32.0. The highest BCUT2D eigenvalue weighted by atomic mass is 16.5. The number of morpholine rings is 1. The van der Waals surface area contributed by atoms with Crippen LogP contribution in [0.15, 0.2) is 115 Å². The van der Waals surface area contributed by atoms with Crippen LogP contribution in [0.1, 0.15) is 35.4 Å². The lowest BCUT2D eigenvalue weighted by atomic mass is 9.49. The maximum atomic E-state index is 15.4. The molecule has 2 aliphatic carbocycles. The van der Waals surface area contributed by atoms with Gasteiger partial charge in [-0.05, 0) is 85.3 Å². The van der Waals surface area contributed by atoms with Crippen LogP contribution in [0.4, 0.5) is 17.1 Å². The summed E-state index contributed by atoms with van der Waals surface area (Å²) in [6.07, 6.45) is 2.62. The van der Waals surface area contributed by atoms with E-state index in [1.165, 1.54) is 9.91 Å². The van der Waals surface area contributed by atoms with E-state index >= 15 is 4.79 Å². The molecule has 2 N–H and O–H groups in total. The summed E-state index contributed by atoms with van der Waals surface area (Å²) >= 11 is 0. The summed E-state index contributed by atoms with van der Waals surface area (Å²) in [5.74, 6) is -3.98. The number of nitrogens with one attached hydrogen (secondary N) is 1. The molecule has 1 saturated carbocycles. The zero-order valence-corrected chi connectivity index (χ0v) is 31.2. The molecule has 4 aromatic rings. The number of hydrogen-bond acceptors (Lipinski definition) is 9. The van der Waals surface area contributed by atoms with Gasteiger partial charge >= 0.3 is 0 Å². The van der Waals surface area contributed by atoms with E-state index in [2.05, 4.69) is 16.4 Å². The van der Waals surface area contributed by atoms with E-state index in [0.717, 1.165) is 35.5 Å². The van der Waals surface area contributed by atoms with E-state index < -0.39 is 35.0 Å².